The van der Waals surface area contributed by atoms with E-state index in [-0.39, 0.29) is 24.6 Å². The highest BCUT2D eigenvalue weighted by Gasteiger charge is 2.36. The predicted octanol–water partition coefficient (Wildman–Crippen LogP) is 1.65. The first-order valence-electron chi connectivity index (χ1n) is 7.75. The van der Waals surface area contributed by atoms with Crippen LogP contribution in [0.3, 0.4) is 0 Å². The Balaban J connectivity index is 2.36. The second-order valence-electron chi connectivity index (χ2n) is 5.95. The minimum absolute atomic E-state index is 0.0723. The van der Waals surface area contributed by atoms with E-state index in [1.807, 2.05) is 0 Å². The number of carbonyl (C=O) groups is 2. The molecule has 0 aliphatic carbocycles. The molecule has 1 unspecified atom stereocenters. The molecule has 2 amide bonds. The zero-order chi connectivity index (χ0) is 17.9. The Morgan fingerprint density at radius 3 is 2.67 bits per heavy atom. The van der Waals surface area contributed by atoms with Crippen LogP contribution in [0.1, 0.15) is 31.2 Å². The van der Waals surface area contributed by atoms with Crippen molar-refractivity contribution in [2.24, 2.45) is 5.73 Å². The molecule has 4 N–H and O–H groups in total. The molecule has 1 aliphatic heterocycles. The van der Waals surface area contributed by atoms with Gasteiger partial charge in [0.15, 0.2) is 11.6 Å². The molecular formula is C16H21F2N3O3. The number of carboxylic acid groups (broad SMARTS) is 1. The fourth-order valence-corrected chi connectivity index (χ4v) is 3.32. The average molecular weight is 341 g/mol. The molecule has 2 rings (SSSR count). The van der Waals surface area contributed by atoms with Crippen molar-refractivity contribution in [2.75, 3.05) is 13.1 Å². The van der Waals surface area contributed by atoms with Gasteiger partial charge in [0.1, 0.15) is 0 Å². The third-order valence-electron chi connectivity index (χ3n) is 4.48. The fraction of sp³-hybridized carbons (Fsp3) is 0.500. The summed E-state index contributed by atoms with van der Waals surface area (Å²) in [4.78, 5) is 24.5. The number of nitrogens with one attached hydrogen (secondary N) is 1. The Morgan fingerprint density at radius 1 is 1.38 bits per heavy atom. The normalized spacial score (nSPS) is 24.3. The van der Waals surface area contributed by atoms with Crippen LogP contribution < -0.4 is 11.1 Å². The smallest absolute Gasteiger partial charge is 0.404 e. The van der Waals surface area contributed by atoms with Crippen molar-refractivity contribution >= 4 is 12.0 Å². The number of benzene rings is 1. The number of amides is 2. The summed E-state index contributed by atoms with van der Waals surface area (Å²) in [5.74, 6) is -2.59. The van der Waals surface area contributed by atoms with Gasteiger partial charge in [0, 0.05) is 25.9 Å². The van der Waals surface area contributed by atoms with Crippen LogP contribution in [0.15, 0.2) is 18.2 Å². The van der Waals surface area contributed by atoms with Gasteiger partial charge < -0.3 is 21.1 Å². The molecule has 1 aromatic carbocycles. The molecule has 0 saturated carbocycles. The molecule has 132 valence electrons. The van der Waals surface area contributed by atoms with Crippen molar-refractivity contribution < 1.29 is 23.5 Å². The zero-order valence-electron chi connectivity index (χ0n) is 13.3. The van der Waals surface area contributed by atoms with Crippen LogP contribution in [0.4, 0.5) is 13.6 Å². The molecule has 0 aromatic heterocycles. The lowest BCUT2D eigenvalue weighted by Gasteiger charge is -2.34. The first-order valence-corrected chi connectivity index (χ1v) is 7.75. The summed E-state index contributed by atoms with van der Waals surface area (Å²) in [6.45, 7) is 1.59. The quantitative estimate of drug-likeness (QED) is 0.779. The van der Waals surface area contributed by atoms with Gasteiger partial charge in [-0.2, -0.15) is 0 Å². The maximum absolute atomic E-state index is 14.1. The van der Waals surface area contributed by atoms with Gasteiger partial charge >= 0.3 is 6.09 Å². The van der Waals surface area contributed by atoms with Gasteiger partial charge in [-0.05, 0) is 24.5 Å². The number of nitrogens with two attached hydrogens (primary N) is 1. The maximum atomic E-state index is 14.1. The van der Waals surface area contributed by atoms with Crippen molar-refractivity contribution in [3.63, 3.8) is 0 Å². The molecule has 0 radical (unpaired) electrons. The number of likely N-dealkylation sites (tertiary alicyclic amines) is 1. The van der Waals surface area contributed by atoms with Crippen molar-refractivity contribution in [1.29, 1.82) is 0 Å². The average Bonchev–Trinajstić information content (AvgIpc) is 2.69. The van der Waals surface area contributed by atoms with E-state index in [0.29, 0.717) is 12.8 Å². The number of rotatable bonds is 3. The first kappa shape index (κ1) is 18.1. The molecule has 1 saturated heterocycles. The van der Waals surface area contributed by atoms with Gasteiger partial charge in [0.05, 0.1) is 12.1 Å². The molecule has 1 heterocycles. The van der Waals surface area contributed by atoms with E-state index in [1.54, 1.807) is 0 Å². The van der Waals surface area contributed by atoms with Gasteiger partial charge in [-0.25, -0.2) is 13.6 Å². The molecule has 6 nitrogen and oxygen atoms in total. The van der Waals surface area contributed by atoms with Gasteiger partial charge in [0.25, 0.3) is 0 Å². The number of carbonyl (C=O) groups excluding carboxylic acids is 1. The fourth-order valence-electron chi connectivity index (χ4n) is 3.32. The van der Waals surface area contributed by atoms with E-state index >= 15 is 0 Å². The van der Waals surface area contributed by atoms with Crippen LogP contribution in [-0.2, 0) is 4.79 Å². The van der Waals surface area contributed by atoms with Gasteiger partial charge in [0.2, 0.25) is 5.91 Å². The minimum atomic E-state index is -1.21. The molecular weight excluding hydrogens is 320 g/mol. The third kappa shape index (κ3) is 3.81. The highest BCUT2D eigenvalue weighted by Crippen LogP contribution is 2.31. The second kappa shape index (κ2) is 7.57. The number of hydrogen-bond acceptors (Lipinski definition) is 3. The number of halogens is 2. The van der Waals surface area contributed by atoms with Gasteiger partial charge in [-0.3, -0.25) is 4.79 Å². The lowest BCUT2D eigenvalue weighted by molar-refractivity contribution is -0.131. The summed E-state index contributed by atoms with van der Waals surface area (Å²) < 4.78 is 27.6. The Kier molecular flexibility index (Phi) is 5.71. The Bertz CT molecular complexity index is 627. The van der Waals surface area contributed by atoms with Gasteiger partial charge in [-0.15, -0.1) is 0 Å². The molecule has 3 atom stereocenters. The SMILES string of the molecule is CC(=O)N1C[C@H](c2cccc(F)c2F)CC[C@@H](NC(=O)O)C1CN. The van der Waals surface area contributed by atoms with Crippen LogP contribution >= 0.6 is 0 Å². The van der Waals surface area contributed by atoms with Crippen molar-refractivity contribution in [1.82, 2.24) is 10.2 Å². The van der Waals surface area contributed by atoms with Crippen LogP contribution in [0.25, 0.3) is 0 Å². The standard InChI is InChI=1S/C16H21F2N3O3/c1-9(22)21-8-10(11-3-2-4-12(17)15(11)18)5-6-13(14(21)7-19)20-16(23)24/h2-4,10,13-14,20H,5-8,19H2,1H3,(H,23,24)/t10-,13-,14?/m1/s1. The Morgan fingerprint density at radius 2 is 2.08 bits per heavy atom. The van der Waals surface area contributed by atoms with Crippen molar-refractivity contribution in [3.05, 3.63) is 35.4 Å². The molecule has 24 heavy (non-hydrogen) atoms. The highest BCUT2D eigenvalue weighted by molar-refractivity contribution is 5.74. The molecule has 0 spiro atoms. The lowest BCUT2D eigenvalue weighted by atomic mass is 9.92. The predicted molar refractivity (Wildman–Crippen MR) is 83.5 cm³/mol. The largest absolute Gasteiger partial charge is 0.465 e. The summed E-state index contributed by atoms with van der Waals surface area (Å²) in [5, 5.41) is 11.4. The summed E-state index contributed by atoms with van der Waals surface area (Å²) in [6.07, 6.45) is -0.429. The minimum Gasteiger partial charge on any atom is -0.465 e. The molecule has 1 aliphatic rings. The summed E-state index contributed by atoms with van der Waals surface area (Å²) in [5.41, 5.74) is 5.93. The maximum Gasteiger partial charge on any atom is 0.404 e. The first-order chi connectivity index (χ1) is 11.3. The monoisotopic (exact) mass is 341 g/mol. The van der Waals surface area contributed by atoms with Crippen LogP contribution in [0.5, 0.6) is 0 Å². The van der Waals surface area contributed by atoms with Gasteiger partial charge in [-0.1, -0.05) is 12.1 Å². The van der Waals surface area contributed by atoms with Crippen LogP contribution in [0.2, 0.25) is 0 Å². The van der Waals surface area contributed by atoms with Crippen molar-refractivity contribution in [3.8, 4) is 0 Å². The van der Waals surface area contributed by atoms with E-state index in [1.165, 1.54) is 24.0 Å². The molecule has 1 aromatic rings. The van der Waals surface area contributed by atoms with E-state index in [2.05, 4.69) is 5.32 Å². The van der Waals surface area contributed by atoms with Crippen LogP contribution in [0, 0.1) is 11.6 Å². The van der Waals surface area contributed by atoms with E-state index in [9.17, 15) is 18.4 Å². The summed E-state index contributed by atoms with van der Waals surface area (Å²) in [6, 6.07) is 2.86. The van der Waals surface area contributed by atoms with E-state index in [0.717, 1.165) is 6.07 Å². The molecule has 8 heteroatoms. The lowest BCUT2D eigenvalue weighted by Crippen LogP contribution is -2.55. The summed E-state index contributed by atoms with van der Waals surface area (Å²) in [7, 11) is 0. The molecule has 0 bridgehead atoms. The van der Waals surface area contributed by atoms with E-state index in [4.69, 9.17) is 10.8 Å². The molecule has 1 fully saturated rings. The van der Waals surface area contributed by atoms with E-state index < -0.39 is 35.7 Å². The highest BCUT2D eigenvalue weighted by atomic mass is 19.2. The summed E-state index contributed by atoms with van der Waals surface area (Å²) >= 11 is 0. The Hall–Kier alpha value is -2.22. The van der Waals surface area contributed by atoms with Crippen molar-refractivity contribution in [2.45, 2.75) is 37.8 Å². The third-order valence-corrected chi connectivity index (χ3v) is 4.48. The van der Waals surface area contributed by atoms with Crippen LogP contribution in [-0.4, -0.2) is 47.2 Å². The Labute approximate surface area is 138 Å². The number of hydrogen-bond donors (Lipinski definition) is 3. The zero-order valence-corrected chi connectivity index (χ0v) is 13.3. The number of nitrogens with zero attached hydrogens (tertiary/aromatic N) is 1. The second-order valence-corrected chi connectivity index (χ2v) is 5.95. The topological polar surface area (TPSA) is 95.7 Å².